The summed E-state index contributed by atoms with van der Waals surface area (Å²) >= 11 is 1.78. The van der Waals surface area contributed by atoms with E-state index in [2.05, 4.69) is 32.6 Å². The number of non-ortho nitro benzene ring substituents is 1. The number of aliphatic imine (C=N–C) groups is 1. The predicted octanol–water partition coefficient (Wildman–Crippen LogP) is 4.62. The fourth-order valence-corrected chi connectivity index (χ4v) is 4.14. The molecular formula is C17H25N3O2S. The Labute approximate surface area is 142 Å². The van der Waals surface area contributed by atoms with Crippen molar-refractivity contribution in [3.8, 4) is 0 Å². The van der Waals surface area contributed by atoms with Crippen LogP contribution in [0.2, 0.25) is 0 Å². The van der Waals surface area contributed by atoms with Gasteiger partial charge in [-0.2, -0.15) is 0 Å². The van der Waals surface area contributed by atoms with Gasteiger partial charge in [0.2, 0.25) is 0 Å². The topological polar surface area (TPSA) is 58.7 Å². The number of rotatable bonds is 5. The van der Waals surface area contributed by atoms with E-state index in [1.165, 1.54) is 6.07 Å². The summed E-state index contributed by atoms with van der Waals surface area (Å²) in [5, 5.41) is 11.9. The SMILES string of the molecule is Cc1cc([N+](=O)[O-])ccc1N=C1SC[C@H](C(C)C)N1CC(C)C. The molecule has 0 spiro atoms. The summed E-state index contributed by atoms with van der Waals surface area (Å²) in [6, 6.07) is 5.36. The first-order valence-electron chi connectivity index (χ1n) is 8.02. The van der Waals surface area contributed by atoms with Crippen molar-refractivity contribution in [1.29, 1.82) is 0 Å². The summed E-state index contributed by atoms with van der Waals surface area (Å²) in [7, 11) is 0. The average Bonchev–Trinajstić information content (AvgIpc) is 2.83. The molecule has 0 unspecified atom stereocenters. The molecule has 1 heterocycles. The van der Waals surface area contributed by atoms with Gasteiger partial charge in [0.25, 0.3) is 5.69 Å². The largest absolute Gasteiger partial charge is 0.347 e. The van der Waals surface area contributed by atoms with Gasteiger partial charge in [-0.15, -0.1) is 0 Å². The Morgan fingerprint density at radius 2 is 2.09 bits per heavy atom. The van der Waals surface area contributed by atoms with Gasteiger partial charge in [-0.05, 0) is 30.4 Å². The lowest BCUT2D eigenvalue weighted by atomic mass is 10.0. The average molecular weight is 335 g/mol. The van der Waals surface area contributed by atoms with E-state index in [0.717, 1.165) is 28.7 Å². The fourth-order valence-electron chi connectivity index (χ4n) is 2.71. The molecule has 0 radical (unpaired) electrons. The van der Waals surface area contributed by atoms with E-state index in [4.69, 9.17) is 4.99 Å². The van der Waals surface area contributed by atoms with Crippen LogP contribution in [0.5, 0.6) is 0 Å². The molecule has 1 fully saturated rings. The molecule has 1 aliphatic rings. The smallest absolute Gasteiger partial charge is 0.269 e. The summed E-state index contributed by atoms with van der Waals surface area (Å²) in [5.74, 6) is 2.19. The Bertz CT molecular complexity index is 614. The quantitative estimate of drug-likeness (QED) is 0.582. The van der Waals surface area contributed by atoms with Crippen LogP contribution in [-0.2, 0) is 0 Å². The maximum Gasteiger partial charge on any atom is 0.269 e. The molecule has 1 aliphatic heterocycles. The van der Waals surface area contributed by atoms with Crippen molar-refractivity contribution in [3.63, 3.8) is 0 Å². The molecule has 0 aromatic heterocycles. The first kappa shape index (κ1) is 17.8. The number of thioether (sulfide) groups is 1. The molecular weight excluding hydrogens is 310 g/mol. The zero-order valence-corrected chi connectivity index (χ0v) is 15.3. The summed E-state index contributed by atoms with van der Waals surface area (Å²) < 4.78 is 0. The Morgan fingerprint density at radius 1 is 1.39 bits per heavy atom. The van der Waals surface area contributed by atoms with E-state index in [9.17, 15) is 10.1 Å². The van der Waals surface area contributed by atoms with Gasteiger partial charge in [0.05, 0.1) is 10.6 Å². The van der Waals surface area contributed by atoms with Crippen LogP contribution in [0, 0.1) is 28.9 Å². The van der Waals surface area contributed by atoms with Gasteiger partial charge in [-0.1, -0.05) is 39.5 Å². The lowest BCUT2D eigenvalue weighted by Gasteiger charge is -2.30. The van der Waals surface area contributed by atoms with Crippen molar-refractivity contribution < 1.29 is 4.92 Å². The van der Waals surface area contributed by atoms with Crippen molar-refractivity contribution in [2.24, 2.45) is 16.8 Å². The Morgan fingerprint density at radius 3 is 2.61 bits per heavy atom. The Hall–Kier alpha value is -1.56. The minimum Gasteiger partial charge on any atom is -0.347 e. The van der Waals surface area contributed by atoms with Crippen LogP contribution in [0.1, 0.15) is 33.3 Å². The molecule has 2 rings (SSSR count). The Balaban J connectivity index is 2.31. The number of nitrogens with zero attached hydrogens (tertiary/aromatic N) is 3. The first-order valence-corrected chi connectivity index (χ1v) is 9.01. The van der Waals surface area contributed by atoms with Crippen molar-refractivity contribution in [2.45, 2.75) is 40.7 Å². The monoisotopic (exact) mass is 335 g/mol. The molecule has 1 saturated heterocycles. The van der Waals surface area contributed by atoms with Crippen LogP contribution >= 0.6 is 11.8 Å². The number of hydrogen-bond acceptors (Lipinski definition) is 4. The van der Waals surface area contributed by atoms with Crippen LogP contribution in [-0.4, -0.2) is 33.3 Å². The molecule has 1 atom stereocenters. The van der Waals surface area contributed by atoms with Crippen LogP contribution < -0.4 is 0 Å². The van der Waals surface area contributed by atoms with E-state index in [-0.39, 0.29) is 10.6 Å². The van der Waals surface area contributed by atoms with Crippen molar-refractivity contribution >= 4 is 28.3 Å². The zero-order chi connectivity index (χ0) is 17.1. The highest BCUT2D eigenvalue weighted by molar-refractivity contribution is 8.14. The summed E-state index contributed by atoms with van der Waals surface area (Å²) in [5.41, 5.74) is 1.77. The molecule has 1 aromatic rings. The second-order valence-electron chi connectivity index (χ2n) is 6.79. The molecule has 23 heavy (non-hydrogen) atoms. The second-order valence-corrected chi connectivity index (χ2v) is 7.78. The van der Waals surface area contributed by atoms with Crippen LogP contribution in [0.25, 0.3) is 0 Å². The fraction of sp³-hybridized carbons (Fsp3) is 0.588. The normalized spacial score (nSPS) is 20.0. The lowest BCUT2D eigenvalue weighted by molar-refractivity contribution is -0.384. The molecule has 0 N–H and O–H groups in total. The lowest BCUT2D eigenvalue weighted by Crippen LogP contribution is -2.39. The van der Waals surface area contributed by atoms with Gasteiger partial charge >= 0.3 is 0 Å². The predicted molar refractivity (Wildman–Crippen MR) is 97.6 cm³/mol. The van der Waals surface area contributed by atoms with Gasteiger partial charge in [0.15, 0.2) is 5.17 Å². The molecule has 0 saturated carbocycles. The molecule has 0 aliphatic carbocycles. The molecule has 0 bridgehead atoms. The summed E-state index contributed by atoms with van der Waals surface area (Å²) in [6.45, 7) is 11.8. The second kappa shape index (κ2) is 7.34. The number of aryl methyl sites for hydroxylation is 1. The van der Waals surface area contributed by atoms with Gasteiger partial charge in [0.1, 0.15) is 0 Å². The molecule has 1 aromatic carbocycles. The third kappa shape index (κ3) is 4.25. The third-order valence-electron chi connectivity index (χ3n) is 3.97. The van der Waals surface area contributed by atoms with E-state index < -0.39 is 0 Å². The summed E-state index contributed by atoms with van der Waals surface area (Å²) in [4.78, 5) is 17.7. The van der Waals surface area contributed by atoms with E-state index in [1.54, 1.807) is 23.9 Å². The zero-order valence-electron chi connectivity index (χ0n) is 14.4. The van der Waals surface area contributed by atoms with Crippen LogP contribution in [0.15, 0.2) is 23.2 Å². The van der Waals surface area contributed by atoms with E-state index in [1.807, 2.05) is 6.92 Å². The van der Waals surface area contributed by atoms with Crippen LogP contribution in [0.3, 0.4) is 0 Å². The van der Waals surface area contributed by atoms with E-state index in [0.29, 0.717) is 17.9 Å². The number of hydrogen-bond donors (Lipinski definition) is 0. The van der Waals surface area contributed by atoms with Crippen molar-refractivity contribution in [3.05, 3.63) is 33.9 Å². The highest BCUT2D eigenvalue weighted by Crippen LogP contribution is 2.33. The number of amidine groups is 1. The van der Waals surface area contributed by atoms with Gasteiger partial charge in [0, 0.05) is 30.5 Å². The van der Waals surface area contributed by atoms with Crippen LogP contribution in [0.4, 0.5) is 11.4 Å². The highest BCUT2D eigenvalue weighted by Gasteiger charge is 2.32. The minimum absolute atomic E-state index is 0.115. The van der Waals surface area contributed by atoms with Gasteiger partial charge in [-0.25, -0.2) is 4.99 Å². The molecule has 5 nitrogen and oxygen atoms in total. The standard InChI is InChI=1S/C17H25N3O2S/c1-11(2)9-19-16(12(3)4)10-23-17(19)18-15-7-6-14(20(21)22)8-13(15)5/h6-8,11-12,16H,9-10H2,1-5H3/t16-/m1/s1. The molecule has 0 amide bonds. The van der Waals surface area contributed by atoms with Crippen molar-refractivity contribution in [1.82, 2.24) is 4.90 Å². The highest BCUT2D eigenvalue weighted by atomic mass is 32.2. The number of nitro groups is 1. The van der Waals surface area contributed by atoms with Gasteiger partial charge in [-0.3, -0.25) is 10.1 Å². The molecule has 6 heteroatoms. The number of nitro benzene ring substituents is 1. The Kier molecular flexibility index (Phi) is 5.68. The first-order chi connectivity index (χ1) is 10.8. The van der Waals surface area contributed by atoms with Gasteiger partial charge < -0.3 is 4.90 Å². The summed E-state index contributed by atoms with van der Waals surface area (Å²) in [6.07, 6.45) is 0. The maximum atomic E-state index is 10.9. The molecule has 126 valence electrons. The minimum atomic E-state index is -0.367. The maximum absolute atomic E-state index is 10.9. The van der Waals surface area contributed by atoms with E-state index >= 15 is 0 Å². The van der Waals surface area contributed by atoms with Crippen molar-refractivity contribution in [2.75, 3.05) is 12.3 Å². The third-order valence-corrected chi connectivity index (χ3v) is 5.06. The number of benzene rings is 1.